The van der Waals surface area contributed by atoms with Crippen molar-refractivity contribution < 1.29 is 4.79 Å². The predicted octanol–water partition coefficient (Wildman–Crippen LogP) is 5.29. The first-order valence-electron chi connectivity index (χ1n) is 8.66. The van der Waals surface area contributed by atoms with Crippen molar-refractivity contribution in [2.45, 2.75) is 19.5 Å². The van der Waals surface area contributed by atoms with Gasteiger partial charge in [0, 0.05) is 11.6 Å². The number of aromatic nitrogens is 2. The first-order valence-corrected chi connectivity index (χ1v) is 9.91. The lowest BCUT2D eigenvalue weighted by atomic mass is 10.2. The number of imidazole rings is 1. The van der Waals surface area contributed by atoms with Crippen LogP contribution in [0.2, 0.25) is 5.02 Å². The molecule has 1 atom stereocenters. The molecule has 2 heterocycles. The first kappa shape index (κ1) is 17.8. The van der Waals surface area contributed by atoms with Crippen LogP contribution in [0.3, 0.4) is 0 Å². The fourth-order valence-corrected chi connectivity index (χ4v) is 3.86. The average Bonchev–Trinajstić information content (AvgIpc) is 3.32. The van der Waals surface area contributed by atoms with Gasteiger partial charge < -0.3 is 9.88 Å². The second kappa shape index (κ2) is 7.55. The molecule has 2 aromatic heterocycles. The van der Waals surface area contributed by atoms with E-state index in [1.165, 1.54) is 11.3 Å². The predicted molar refractivity (Wildman–Crippen MR) is 110 cm³/mol. The van der Waals surface area contributed by atoms with Crippen LogP contribution < -0.4 is 5.32 Å². The molecule has 0 aliphatic heterocycles. The Morgan fingerprint density at radius 1 is 1.15 bits per heavy atom. The van der Waals surface area contributed by atoms with Crippen LogP contribution in [-0.4, -0.2) is 15.5 Å². The van der Waals surface area contributed by atoms with Crippen LogP contribution in [-0.2, 0) is 6.54 Å². The monoisotopic (exact) mass is 395 g/mol. The SMILES string of the molecule is CC(NC(=O)c1cccs1)c1nc2ccccc2n1Cc1ccc(Cl)cc1. The highest BCUT2D eigenvalue weighted by Crippen LogP contribution is 2.23. The molecule has 4 rings (SSSR count). The minimum Gasteiger partial charge on any atom is -0.342 e. The molecule has 2 aromatic carbocycles. The molecule has 0 saturated heterocycles. The average molecular weight is 396 g/mol. The number of nitrogens with zero attached hydrogens (tertiary/aromatic N) is 2. The lowest BCUT2D eigenvalue weighted by Gasteiger charge is -2.16. The third-order valence-electron chi connectivity index (χ3n) is 4.42. The number of benzene rings is 2. The lowest BCUT2D eigenvalue weighted by Crippen LogP contribution is -2.28. The summed E-state index contributed by atoms with van der Waals surface area (Å²) in [5, 5.41) is 5.67. The van der Waals surface area contributed by atoms with E-state index < -0.39 is 0 Å². The van der Waals surface area contributed by atoms with E-state index in [1.807, 2.05) is 66.9 Å². The van der Waals surface area contributed by atoms with Crippen molar-refractivity contribution in [1.29, 1.82) is 0 Å². The number of rotatable bonds is 5. The second-order valence-electron chi connectivity index (χ2n) is 6.34. The van der Waals surface area contributed by atoms with Crippen molar-refractivity contribution in [1.82, 2.24) is 14.9 Å². The van der Waals surface area contributed by atoms with Gasteiger partial charge in [-0.05, 0) is 48.2 Å². The van der Waals surface area contributed by atoms with Gasteiger partial charge in [-0.3, -0.25) is 4.79 Å². The summed E-state index contributed by atoms with van der Waals surface area (Å²) < 4.78 is 2.15. The summed E-state index contributed by atoms with van der Waals surface area (Å²) in [6.07, 6.45) is 0. The molecule has 1 unspecified atom stereocenters. The Morgan fingerprint density at radius 3 is 2.67 bits per heavy atom. The smallest absolute Gasteiger partial charge is 0.261 e. The van der Waals surface area contributed by atoms with E-state index in [4.69, 9.17) is 16.6 Å². The molecule has 6 heteroatoms. The molecule has 136 valence electrons. The van der Waals surface area contributed by atoms with E-state index in [1.54, 1.807) is 0 Å². The van der Waals surface area contributed by atoms with Crippen LogP contribution in [0.4, 0.5) is 0 Å². The summed E-state index contributed by atoms with van der Waals surface area (Å²) in [6, 6.07) is 19.3. The molecular weight excluding hydrogens is 378 g/mol. The molecule has 4 nitrogen and oxygen atoms in total. The van der Waals surface area contributed by atoms with E-state index in [0.29, 0.717) is 16.4 Å². The van der Waals surface area contributed by atoms with Crippen molar-refractivity contribution in [3.8, 4) is 0 Å². The molecule has 1 amide bonds. The molecule has 0 bridgehead atoms. The van der Waals surface area contributed by atoms with Crippen LogP contribution in [0.15, 0.2) is 66.0 Å². The number of hydrogen-bond donors (Lipinski definition) is 1. The van der Waals surface area contributed by atoms with Gasteiger partial charge in [0.25, 0.3) is 5.91 Å². The Balaban J connectivity index is 1.68. The fourth-order valence-electron chi connectivity index (χ4n) is 3.10. The molecule has 0 fully saturated rings. The number of halogens is 1. The van der Waals surface area contributed by atoms with Gasteiger partial charge in [0.1, 0.15) is 5.82 Å². The molecule has 0 saturated carbocycles. The van der Waals surface area contributed by atoms with Gasteiger partial charge in [-0.25, -0.2) is 4.98 Å². The number of nitrogens with one attached hydrogen (secondary N) is 1. The van der Waals surface area contributed by atoms with Gasteiger partial charge >= 0.3 is 0 Å². The maximum absolute atomic E-state index is 12.5. The van der Waals surface area contributed by atoms with Gasteiger partial charge in [-0.2, -0.15) is 0 Å². The summed E-state index contributed by atoms with van der Waals surface area (Å²) >= 11 is 7.44. The Bertz CT molecular complexity index is 1070. The maximum Gasteiger partial charge on any atom is 0.261 e. The van der Waals surface area contributed by atoms with Gasteiger partial charge in [0.2, 0.25) is 0 Å². The number of carbonyl (C=O) groups excluding carboxylic acids is 1. The zero-order valence-corrected chi connectivity index (χ0v) is 16.3. The number of fused-ring (bicyclic) bond motifs is 1. The molecule has 0 aliphatic carbocycles. The highest BCUT2D eigenvalue weighted by Gasteiger charge is 2.19. The molecule has 0 radical (unpaired) electrons. The lowest BCUT2D eigenvalue weighted by molar-refractivity contribution is 0.0942. The Kier molecular flexibility index (Phi) is 4.97. The highest BCUT2D eigenvalue weighted by atomic mass is 35.5. The van der Waals surface area contributed by atoms with Crippen molar-refractivity contribution in [2.24, 2.45) is 0 Å². The Hall–Kier alpha value is -2.63. The summed E-state index contributed by atoms with van der Waals surface area (Å²) in [6.45, 7) is 2.62. The highest BCUT2D eigenvalue weighted by molar-refractivity contribution is 7.12. The molecular formula is C21H18ClN3OS. The van der Waals surface area contributed by atoms with E-state index in [-0.39, 0.29) is 11.9 Å². The van der Waals surface area contributed by atoms with Crippen LogP contribution in [0, 0.1) is 0 Å². The summed E-state index contributed by atoms with van der Waals surface area (Å²) in [5.41, 5.74) is 3.08. The van der Waals surface area contributed by atoms with Crippen LogP contribution in [0.5, 0.6) is 0 Å². The zero-order chi connectivity index (χ0) is 18.8. The fraction of sp³-hybridized carbons (Fsp3) is 0.143. The Labute approximate surface area is 166 Å². The molecule has 4 aromatic rings. The quantitative estimate of drug-likeness (QED) is 0.499. The molecule has 1 N–H and O–H groups in total. The Morgan fingerprint density at radius 2 is 1.93 bits per heavy atom. The minimum absolute atomic E-state index is 0.0809. The van der Waals surface area contributed by atoms with Crippen LogP contribution in [0.1, 0.15) is 34.0 Å². The van der Waals surface area contributed by atoms with Crippen molar-refractivity contribution in [3.63, 3.8) is 0 Å². The number of para-hydroxylation sites is 2. The third kappa shape index (κ3) is 3.75. The van der Waals surface area contributed by atoms with Crippen molar-refractivity contribution in [2.75, 3.05) is 0 Å². The van der Waals surface area contributed by atoms with E-state index in [9.17, 15) is 4.79 Å². The summed E-state index contributed by atoms with van der Waals surface area (Å²) in [7, 11) is 0. The van der Waals surface area contributed by atoms with Gasteiger partial charge in [-0.15, -0.1) is 11.3 Å². The minimum atomic E-state index is -0.223. The van der Waals surface area contributed by atoms with Crippen molar-refractivity contribution in [3.05, 3.63) is 87.3 Å². The van der Waals surface area contributed by atoms with Gasteiger partial charge in [-0.1, -0.05) is 41.9 Å². The largest absolute Gasteiger partial charge is 0.342 e. The van der Waals surface area contributed by atoms with Gasteiger partial charge in [0.15, 0.2) is 0 Å². The molecule has 27 heavy (non-hydrogen) atoms. The standard InChI is InChI=1S/C21H18ClN3OS/c1-14(23-21(26)19-7-4-12-27-19)20-24-17-5-2-3-6-18(17)25(20)13-15-8-10-16(22)11-9-15/h2-12,14H,13H2,1H3,(H,23,26). The first-order chi connectivity index (χ1) is 13.1. The van der Waals surface area contributed by atoms with E-state index >= 15 is 0 Å². The second-order valence-corrected chi connectivity index (χ2v) is 7.73. The molecule has 0 aliphatic rings. The van der Waals surface area contributed by atoms with E-state index in [2.05, 4.69) is 16.0 Å². The number of thiophene rings is 1. The van der Waals surface area contributed by atoms with Crippen molar-refractivity contribution >= 4 is 39.9 Å². The van der Waals surface area contributed by atoms with E-state index in [0.717, 1.165) is 22.4 Å². The summed E-state index contributed by atoms with van der Waals surface area (Å²) in [5.74, 6) is 0.749. The number of hydrogen-bond acceptors (Lipinski definition) is 3. The molecule has 0 spiro atoms. The maximum atomic E-state index is 12.5. The van der Waals surface area contributed by atoms with Crippen LogP contribution >= 0.6 is 22.9 Å². The zero-order valence-electron chi connectivity index (χ0n) is 14.7. The van der Waals surface area contributed by atoms with Crippen LogP contribution in [0.25, 0.3) is 11.0 Å². The number of carbonyl (C=O) groups is 1. The topological polar surface area (TPSA) is 46.9 Å². The van der Waals surface area contributed by atoms with Gasteiger partial charge in [0.05, 0.1) is 22.0 Å². The third-order valence-corrected chi connectivity index (χ3v) is 5.54. The number of amides is 1. The summed E-state index contributed by atoms with van der Waals surface area (Å²) in [4.78, 5) is 17.9. The normalized spacial score (nSPS) is 12.2.